The van der Waals surface area contributed by atoms with Crippen molar-refractivity contribution in [2.75, 3.05) is 13.1 Å². The monoisotopic (exact) mass is 308 g/mol. The number of fused-ring (bicyclic) bond motifs is 1. The summed E-state index contributed by atoms with van der Waals surface area (Å²) in [7, 11) is 0. The Labute approximate surface area is 137 Å². The fraction of sp³-hybridized carbons (Fsp3) is 0.300. The van der Waals surface area contributed by atoms with E-state index in [9.17, 15) is 0 Å². The molecule has 1 N–H and O–H groups in total. The van der Waals surface area contributed by atoms with E-state index in [1.54, 1.807) is 0 Å². The van der Waals surface area contributed by atoms with E-state index in [1.807, 2.05) is 24.3 Å². The van der Waals surface area contributed by atoms with E-state index in [0.717, 1.165) is 25.4 Å². The second-order valence-corrected chi connectivity index (χ2v) is 5.76. The number of hydrogen-bond acceptors (Lipinski definition) is 2. The molecule has 3 rings (SSSR count). The maximum Gasteiger partial charge on any atom is 0.120 e. The van der Waals surface area contributed by atoms with Gasteiger partial charge in [0.1, 0.15) is 12.4 Å². The van der Waals surface area contributed by atoms with Crippen molar-refractivity contribution in [1.29, 1.82) is 0 Å². The predicted molar refractivity (Wildman–Crippen MR) is 95.7 cm³/mol. The second kappa shape index (κ2) is 7.34. The van der Waals surface area contributed by atoms with Crippen LogP contribution in [0.15, 0.2) is 54.7 Å². The summed E-state index contributed by atoms with van der Waals surface area (Å²) in [6.07, 6.45) is 2.12. The molecular weight excluding hydrogens is 284 g/mol. The molecule has 23 heavy (non-hydrogen) atoms. The third kappa shape index (κ3) is 3.74. The molecule has 1 aromatic heterocycles. The molecule has 0 aliphatic rings. The summed E-state index contributed by atoms with van der Waals surface area (Å²) in [6, 6.07) is 16.5. The summed E-state index contributed by atoms with van der Waals surface area (Å²) in [6.45, 7) is 8.09. The van der Waals surface area contributed by atoms with Crippen molar-refractivity contribution in [3.8, 4) is 5.75 Å². The van der Waals surface area contributed by atoms with Crippen molar-refractivity contribution >= 4 is 10.9 Å². The third-order valence-corrected chi connectivity index (χ3v) is 4.28. The molecule has 0 radical (unpaired) electrons. The molecule has 0 aliphatic carbocycles. The summed E-state index contributed by atoms with van der Waals surface area (Å²) in [5.74, 6) is 0.918. The van der Waals surface area contributed by atoms with Gasteiger partial charge in [-0.25, -0.2) is 0 Å². The van der Waals surface area contributed by atoms with Crippen LogP contribution in [-0.2, 0) is 13.2 Å². The first-order valence-corrected chi connectivity index (χ1v) is 8.29. The molecule has 2 aromatic carbocycles. The highest BCUT2D eigenvalue weighted by Crippen LogP contribution is 2.25. The number of aromatic nitrogens is 1. The SMILES string of the molecule is CCN(CC)Cc1c[nH]c2ccc(OCc3ccccc3)cc12. The van der Waals surface area contributed by atoms with Gasteiger partial charge in [-0.2, -0.15) is 0 Å². The molecule has 1 heterocycles. The number of H-pyrrole nitrogens is 1. The molecule has 3 nitrogen and oxygen atoms in total. The predicted octanol–water partition coefficient (Wildman–Crippen LogP) is 4.59. The summed E-state index contributed by atoms with van der Waals surface area (Å²) in [5, 5.41) is 1.25. The van der Waals surface area contributed by atoms with Crippen molar-refractivity contribution < 1.29 is 4.74 Å². The lowest BCUT2D eigenvalue weighted by atomic mass is 10.1. The summed E-state index contributed by atoms with van der Waals surface area (Å²) >= 11 is 0. The first kappa shape index (κ1) is 15.6. The van der Waals surface area contributed by atoms with Crippen LogP contribution in [0, 0.1) is 0 Å². The highest BCUT2D eigenvalue weighted by Gasteiger charge is 2.08. The van der Waals surface area contributed by atoms with Crippen molar-refractivity contribution in [3.05, 3.63) is 65.9 Å². The number of nitrogens with one attached hydrogen (secondary N) is 1. The Hall–Kier alpha value is -2.26. The standard InChI is InChI=1S/C20H24N2O/c1-3-22(4-2)14-17-13-21-20-11-10-18(12-19(17)20)23-15-16-8-6-5-7-9-16/h5-13,21H,3-4,14-15H2,1-2H3. The Morgan fingerprint density at radius 1 is 1.00 bits per heavy atom. The van der Waals surface area contributed by atoms with Crippen LogP contribution in [0.5, 0.6) is 5.75 Å². The van der Waals surface area contributed by atoms with Gasteiger partial charge in [0.05, 0.1) is 0 Å². The topological polar surface area (TPSA) is 28.3 Å². The lowest BCUT2D eigenvalue weighted by Gasteiger charge is -2.17. The zero-order valence-corrected chi connectivity index (χ0v) is 13.9. The van der Waals surface area contributed by atoms with Crippen LogP contribution in [0.4, 0.5) is 0 Å². The third-order valence-electron chi connectivity index (χ3n) is 4.28. The van der Waals surface area contributed by atoms with E-state index in [1.165, 1.54) is 22.0 Å². The summed E-state index contributed by atoms with van der Waals surface area (Å²) in [5.41, 5.74) is 3.68. The highest BCUT2D eigenvalue weighted by atomic mass is 16.5. The van der Waals surface area contributed by atoms with Crippen LogP contribution in [0.1, 0.15) is 25.0 Å². The van der Waals surface area contributed by atoms with Crippen molar-refractivity contribution in [2.45, 2.75) is 27.0 Å². The number of benzene rings is 2. The number of nitrogens with zero attached hydrogens (tertiary/aromatic N) is 1. The van der Waals surface area contributed by atoms with Crippen LogP contribution < -0.4 is 4.74 Å². The smallest absolute Gasteiger partial charge is 0.120 e. The van der Waals surface area contributed by atoms with Gasteiger partial charge in [0, 0.05) is 23.6 Å². The van der Waals surface area contributed by atoms with Gasteiger partial charge in [-0.3, -0.25) is 4.90 Å². The van der Waals surface area contributed by atoms with Gasteiger partial charge in [0.15, 0.2) is 0 Å². The minimum atomic E-state index is 0.599. The maximum atomic E-state index is 5.95. The van der Waals surface area contributed by atoms with Crippen LogP contribution in [0.25, 0.3) is 10.9 Å². The zero-order chi connectivity index (χ0) is 16.1. The van der Waals surface area contributed by atoms with Gasteiger partial charge in [-0.1, -0.05) is 44.2 Å². The molecule has 3 heteroatoms. The normalized spacial score (nSPS) is 11.3. The quantitative estimate of drug-likeness (QED) is 0.691. The van der Waals surface area contributed by atoms with Gasteiger partial charge >= 0.3 is 0 Å². The van der Waals surface area contributed by atoms with E-state index < -0.39 is 0 Å². The molecule has 3 aromatic rings. The molecule has 0 saturated carbocycles. The summed E-state index contributed by atoms with van der Waals surface area (Å²) in [4.78, 5) is 5.78. The lowest BCUT2D eigenvalue weighted by molar-refractivity contribution is 0.296. The fourth-order valence-electron chi connectivity index (χ4n) is 2.81. The van der Waals surface area contributed by atoms with E-state index in [4.69, 9.17) is 4.74 Å². The first-order valence-electron chi connectivity index (χ1n) is 8.29. The Morgan fingerprint density at radius 2 is 1.78 bits per heavy atom. The maximum absolute atomic E-state index is 5.95. The lowest BCUT2D eigenvalue weighted by Crippen LogP contribution is -2.21. The molecule has 0 bridgehead atoms. The minimum Gasteiger partial charge on any atom is -0.489 e. The Kier molecular flexibility index (Phi) is 4.99. The van der Waals surface area contributed by atoms with Crippen LogP contribution in [-0.4, -0.2) is 23.0 Å². The molecule has 0 amide bonds. The van der Waals surface area contributed by atoms with Crippen LogP contribution in [0.3, 0.4) is 0 Å². The van der Waals surface area contributed by atoms with Crippen LogP contribution in [0.2, 0.25) is 0 Å². The first-order chi connectivity index (χ1) is 11.3. The molecule has 120 valence electrons. The van der Waals surface area contributed by atoms with Crippen molar-refractivity contribution in [2.24, 2.45) is 0 Å². The van der Waals surface area contributed by atoms with E-state index in [-0.39, 0.29) is 0 Å². The number of ether oxygens (including phenoxy) is 1. The average Bonchev–Trinajstić information content (AvgIpc) is 3.01. The zero-order valence-electron chi connectivity index (χ0n) is 13.9. The molecule has 0 fully saturated rings. The van der Waals surface area contributed by atoms with Gasteiger partial charge < -0.3 is 9.72 Å². The average molecular weight is 308 g/mol. The van der Waals surface area contributed by atoms with Crippen molar-refractivity contribution in [1.82, 2.24) is 9.88 Å². The molecule has 0 atom stereocenters. The molecule has 0 aliphatic heterocycles. The number of aromatic amines is 1. The van der Waals surface area contributed by atoms with Gasteiger partial charge in [-0.05, 0) is 42.4 Å². The molecule has 0 unspecified atom stereocenters. The summed E-state index contributed by atoms with van der Waals surface area (Å²) < 4.78 is 5.95. The van der Waals surface area contributed by atoms with Gasteiger partial charge in [0.25, 0.3) is 0 Å². The van der Waals surface area contributed by atoms with Crippen molar-refractivity contribution in [3.63, 3.8) is 0 Å². The number of rotatable bonds is 7. The number of hydrogen-bond donors (Lipinski definition) is 1. The molecule has 0 saturated heterocycles. The Bertz CT molecular complexity index is 745. The van der Waals surface area contributed by atoms with Gasteiger partial charge in [-0.15, -0.1) is 0 Å². The Balaban J connectivity index is 1.77. The van der Waals surface area contributed by atoms with E-state index in [2.05, 4.69) is 54.2 Å². The van der Waals surface area contributed by atoms with E-state index in [0.29, 0.717) is 6.61 Å². The fourth-order valence-corrected chi connectivity index (χ4v) is 2.81. The van der Waals surface area contributed by atoms with E-state index >= 15 is 0 Å². The minimum absolute atomic E-state index is 0.599. The largest absolute Gasteiger partial charge is 0.489 e. The van der Waals surface area contributed by atoms with Crippen LogP contribution >= 0.6 is 0 Å². The Morgan fingerprint density at radius 3 is 2.52 bits per heavy atom. The highest BCUT2D eigenvalue weighted by molar-refractivity contribution is 5.84. The van der Waals surface area contributed by atoms with Gasteiger partial charge in [0.2, 0.25) is 0 Å². The molecular formula is C20H24N2O. The second-order valence-electron chi connectivity index (χ2n) is 5.76. The molecule has 0 spiro atoms.